The van der Waals surface area contributed by atoms with Crippen molar-refractivity contribution in [2.75, 3.05) is 6.54 Å². The summed E-state index contributed by atoms with van der Waals surface area (Å²) in [6.07, 6.45) is 3.78. The van der Waals surface area contributed by atoms with Crippen molar-refractivity contribution in [1.82, 2.24) is 19.7 Å². The molecule has 6 heteroatoms. The second-order valence-corrected chi connectivity index (χ2v) is 8.56. The molecule has 0 spiro atoms. The Kier molecular flexibility index (Phi) is 4.00. The lowest BCUT2D eigenvalue weighted by Crippen LogP contribution is -2.36. The van der Waals surface area contributed by atoms with Crippen LogP contribution in [0, 0.1) is 0 Å². The van der Waals surface area contributed by atoms with E-state index in [2.05, 4.69) is 4.98 Å². The van der Waals surface area contributed by atoms with Crippen molar-refractivity contribution in [2.45, 2.75) is 32.2 Å². The number of H-pyrrole nitrogens is 1. The molecule has 4 aromatic rings. The summed E-state index contributed by atoms with van der Waals surface area (Å²) in [5.74, 6) is 0.0323. The molecule has 1 aliphatic heterocycles. The number of nitrogens with zero attached hydrogens (tertiary/aromatic N) is 3. The maximum Gasteiger partial charge on any atom is 0.274 e. The molecular formula is C24H21ClN4O. The quantitative estimate of drug-likeness (QED) is 0.515. The highest BCUT2D eigenvalue weighted by molar-refractivity contribution is 6.31. The van der Waals surface area contributed by atoms with E-state index in [4.69, 9.17) is 16.7 Å². The van der Waals surface area contributed by atoms with Crippen molar-refractivity contribution in [3.8, 4) is 5.69 Å². The van der Waals surface area contributed by atoms with E-state index < -0.39 is 0 Å². The molecule has 1 aliphatic carbocycles. The monoisotopic (exact) mass is 416 g/mol. The van der Waals surface area contributed by atoms with Crippen molar-refractivity contribution in [1.29, 1.82) is 0 Å². The number of aromatic amines is 1. The summed E-state index contributed by atoms with van der Waals surface area (Å²) in [7, 11) is 0. The molecule has 2 aromatic heterocycles. The summed E-state index contributed by atoms with van der Waals surface area (Å²) in [5, 5.41) is 6.62. The fraction of sp³-hybridized carbons (Fsp3) is 0.250. The number of amides is 1. The summed E-state index contributed by atoms with van der Waals surface area (Å²) < 4.78 is 1.97. The van der Waals surface area contributed by atoms with Crippen molar-refractivity contribution in [2.24, 2.45) is 0 Å². The molecule has 0 radical (unpaired) electrons. The third-order valence-electron chi connectivity index (χ3n) is 6.36. The average Bonchev–Trinajstić information content (AvgIpc) is 3.47. The number of carbonyl (C=O) groups excluding carboxylic acids is 1. The number of carbonyl (C=O) groups is 1. The Labute approximate surface area is 179 Å². The van der Waals surface area contributed by atoms with E-state index in [0.29, 0.717) is 23.8 Å². The molecule has 0 unspecified atom stereocenters. The molecule has 2 aliphatic rings. The van der Waals surface area contributed by atoms with E-state index in [0.717, 1.165) is 47.8 Å². The number of nitrogens with one attached hydrogen (secondary N) is 1. The minimum Gasteiger partial charge on any atom is -0.358 e. The van der Waals surface area contributed by atoms with Crippen LogP contribution in [0.4, 0.5) is 0 Å². The molecule has 0 saturated carbocycles. The van der Waals surface area contributed by atoms with Crippen molar-refractivity contribution in [3.63, 3.8) is 0 Å². The first kappa shape index (κ1) is 17.8. The normalized spacial score (nSPS) is 15.4. The van der Waals surface area contributed by atoms with Gasteiger partial charge in [0.15, 0.2) is 5.69 Å². The molecule has 6 rings (SSSR count). The molecule has 150 valence electrons. The second-order valence-electron chi connectivity index (χ2n) is 8.12. The summed E-state index contributed by atoms with van der Waals surface area (Å²) >= 11 is 6.23. The maximum atomic E-state index is 13.6. The van der Waals surface area contributed by atoms with Crippen LogP contribution < -0.4 is 0 Å². The van der Waals surface area contributed by atoms with Gasteiger partial charge in [-0.15, -0.1) is 0 Å². The number of benzene rings is 2. The zero-order valence-electron chi connectivity index (χ0n) is 16.5. The minimum atomic E-state index is 0.0323. The van der Waals surface area contributed by atoms with Crippen LogP contribution in [-0.4, -0.2) is 32.1 Å². The number of aromatic nitrogens is 3. The van der Waals surface area contributed by atoms with Gasteiger partial charge in [0, 0.05) is 58.0 Å². The third-order valence-corrected chi connectivity index (χ3v) is 6.59. The van der Waals surface area contributed by atoms with Crippen LogP contribution in [0.25, 0.3) is 16.6 Å². The van der Waals surface area contributed by atoms with Gasteiger partial charge in [0.05, 0.1) is 5.69 Å². The summed E-state index contributed by atoms with van der Waals surface area (Å²) in [4.78, 5) is 19.0. The molecule has 0 bridgehead atoms. The average molecular weight is 417 g/mol. The van der Waals surface area contributed by atoms with Gasteiger partial charge in [0.25, 0.3) is 5.91 Å². The number of para-hydroxylation sites is 1. The van der Waals surface area contributed by atoms with E-state index in [9.17, 15) is 4.79 Å². The number of hydrogen-bond acceptors (Lipinski definition) is 2. The minimum absolute atomic E-state index is 0.0323. The van der Waals surface area contributed by atoms with Gasteiger partial charge in [0.2, 0.25) is 0 Å². The first-order chi connectivity index (χ1) is 14.7. The fourth-order valence-electron chi connectivity index (χ4n) is 4.90. The van der Waals surface area contributed by atoms with E-state index in [1.54, 1.807) is 0 Å². The van der Waals surface area contributed by atoms with Crippen molar-refractivity contribution < 1.29 is 4.79 Å². The molecule has 0 atom stereocenters. The zero-order valence-corrected chi connectivity index (χ0v) is 17.2. The fourth-order valence-corrected chi connectivity index (χ4v) is 5.07. The van der Waals surface area contributed by atoms with Gasteiger partial charge in [-0.1, -0.05) is 29.8 Å². The van der Waals surface area contributed by atoms with Crippen LogP contribution in [0.1, 0.15) is 39.4 Å². The van der Waals surface area contributed by atoms with Crippen LogP contribution in [0.3, 0.4) is 0 Å². The summed E-state index contributed by atoms with van der Waals surface area (Å²) in [6.45, 7) is 1.28. The predicted octanol–water partition coefficient (Wildman–Crippen LogP) is 4.69. The second kappa shape index (κ2) is 6.74. The molecule has 0 saturated heterocycles. The number of hydrogen-bond donors (Lipinski definition) is 1. The maximum absolute atomic E-state index is 13.6. The van der Waals surface area contributed by atoms with Gasteiger partial charge < -0.3 is 9.88 Å². The molecule has 2 aromatic carbocycles. The van der Waals surface area contributed by atoms with Gasteiger partial charge in [-0.3, -0.25) is 4.79 Å². The number of halogens is 1. The van der Waals surface area contributed by atoms with Crippen LogP contribution in [0.2, 0.25) is 5.02 Å². The van der Waals surface area contributed by atoms with Gasteiger partial charge >= 0.3 is 0 Å². The topological polar surface area (TPSA) is 53.9 Å². The number of rotatable bonds is 2. The van der Waals surface area contributed by atoms with Crippen molar-refractivity contribution >= 4 is 28.4 Å². The van der Waals surface area contributed by atoms with Gasteiger partial charge in [-0.25, -0.2) is 4.68 Å². The molecule has 3 heterocycles. The Morgan fingerprint density at radius 2 is 1.90 bits per heavy atom. The van der Waals surface area contributed by atoms with Crippen molar-refractivity contribution in [3.05, 3.63) is 81.8 Å². The highest BCUT2D eigenvalue weighted by Gasteiger charge is 2.32. The van der Waals surface area contributed by atoms with Gasteiger partial charge in [0.1, 0.15) is 0 Å². The molecule has 0 fully saturated rings. The first-order valence-corrected chi connectivity index (χ1v) is 10.8. The standard InChI is InChI=1S/C24H21ClN4O/c25-15-9-10-20-18(13-15)19-14-28(12-11-21(19)26-20)24(30)23-17-7-4-8-22(17)29(27-23)16-5-2-1-3-6-16/h1-3,5-6,9-10,13,26H,4,7-8,11-12,14H2. The van der Waals surface area contributed by atoms with Crippen LogP contribution in [-0.2, 0) is 25.8 Å². The lowest BCUT2D eigenvalue weighted by Gasteiger charge is -2.27. The highest BCUT2D eigenvalue weighted by atomic mass is 35.5. The van der Waals surface area contributed by atoms with Crippen LogP contribution >= 0.6 is 11.6 Å². The molecular weight excluding hydrogens is 396 g/mol. The molecule has 1 N–H and O–H groups in total. The number of fused-ring (bicyclic) bond motifs is 4. The predicted molar refractivity (Wildman–Crippen MR) is 117 cm³/mol. The van der Waals surface area contributed by atoms with Crippen LogP contribution in [0.5, 0.6) is 0 Å². The van der Waals surface area contributed by atoms with Crippen LogP contribution in [0.15, 0.2) is 48.5 Å². The Balaban J connectivity index is 1.37. The Morgan fingerprint density at radius 1 is 1.03 bits per heavy atom. The lowest BCUT2D eigenvalue weighted by atomic mass is 10.0. The van der Waals surface area contributed by atoms with E-state index in [1.165, 1.54) is 17.0 Å². The SMILES string of the molecule is O=C(c1nn(-c2ccccc2)c2c1CCC2)N1CCc2[nH]c3ccc(Cl)cc3c2C1. The van der Waals surface area contributed by atoms with E-state index >= 15 is 0 Å². The molecule has 1 amide bonds. The summed E-state index contributed by atoms with van der Waals surface area (Å²) in [6, 6.07) is 16.0. The Bertz CT molecular complexity index is 1290. The Morgan fingerprint density at radius 3 is 2.77 bits per heavy atom. The Hall–Kier alpha value is -3.05. The summed E-state index contributed by atoms with van der Waals surface area (Å²) in [5.41, 5.74) is 7.39. The zero-order chi connectivity index (χ0) is 20.2. The first-order valence-electron chi connectivity index (χ1n) is 10.4. The largest absolute Gasteiger partial charge is 0.358 e. The van der Waals surface area contributed by atoms with Gasteiger partial charge in [-0.05, 0) is 49.6 Å². The van der Waals surface area contributed by atoms with E-state index in [1.807, 2.05) is 58.1 Å². The smallest absolute Gasteiger partial charge is 0.274 e. The lowest BCUT2D eigenvalue weighted by molar-refractivity contribution is 0.0727. The molecule has 5 nitrogen and oxygen atoms in total. The van der Waals surface area contributed by atoms with Gasteiger partial charge in [-0.2, -0.15) is 5.10 Å². The molecule has 30 heavy (non-hydrogen) atoms. The third kappa shape index (κ3) is 2.69. The highest BCUT2D eigenvalue weighted by Crippen LogP contribution is 2.32. The van der Waals surface area contributed by atoms with E-state index in [-0.39, 0.29) is 5.91 Å².